The molecule has 2 aliphatic rings. The van der Waals surface area contributed by atoms with Crippen molar-refractivity contribution in [1.29, 1.82) is 0 Å². The smallest absolute Gasteiger partial charge is 0.170 e. The Balaban J connectivity index is 2.04. The number of benzene rings is 1. The summed E-state index contributed by atoms with van der Waals surface area (Å²) in [4.78, 5) is 23.3. The zero-order valence-electron chi connectivity index (χ0n) is 10.3. The normalized spacial score (nSPS) is 21.2. The van der Waals surface area contributed by atoms with Gasteiger partial charge in [0.05, 0.1) is 17.5 Å². The minimum absolute atomic E-state index is 0.113. The van der Waals surface area contributed by atoms with Gasteiger partial charge < -0.3 is 4.74 Å². The van der Waals surface area contributed by atoms with Crippen molar-refractivity contribution in [3.63, 3.8) is 0 Å². The van der Waals surface area contributed by atoms with Crippen LogP contribution in [0.15, 0.2) is 18.2 Å². The van der Waals surface area contributed by atoms with Crippen molar-refractivity contribution in [3.05, 3.63) is 29.3 Å². The van der Waals surface area contributed by atoms with Crippen LogP contribution in [0, 0.1) is 0 Å². The number of para-hydroxylation sites is 1. The maximum Gasteiger partial charge on any atom is 0.170 e. The lowest BCUT2D eigenvalue weighted by Crippen LogP contribution is -2.43. The van der Waals surface area contributed by atoms with E-state index in [1.54, 1.807) is 18.2 Å². The highest BCUT2D eigenvalue weighted by atomic mass is 16.5. The Morgan fingerprint density at radius 3 is 2.67 bits per heavy atom. The molecule has 1 fully saturated rings. The Morgan fingerprint density at radius 1 is 1.17 bits per heavy atom. The lowest BCUT2D eigenvalue weighted by atomic mass is 9.78. The molecule has 3 rings (SSSR count). The summed E-state index contributed by atoms with van der Waals surface area (Å²) in [6.07, 6.45) is 6.49. The summed E-state index contributed by atoms with van der Waals surface area (Å²) < 4.78 is 6.10. The highest BCUT2D eigenvalue weighted by Crippen LogP contribution is 2.42. The molecule has 1 saturated carbocycles. The molecule has 0 aromatic heterocycles. The predicted octanol–water partition coefficient (Wildman–Crippen LogP) is 3.17. The zero-order valence-corrected chi connectivity index (χ0v) is 10.3. The van der Waals surface area contributed by atoms with Crippen molar-refractivity contribution in [2.24, 2.45) is 0 Å². The molecule has 1 aliphatic heterocycles. The highest BCUT2D eigenvalue weighted by molar-refractivity contribution is 6.02. The molecule has 94 valence electrons. The zero-order chi connectivity index (χ0) is 12.6. The molecule has 0 unspecified atom stereocenters. The number of fused-ring (bicyclic) bond motifs is 1. The average Bonchev–Trinajstić information content (AvgIpc) is 2.39. The second kappa shape index (κ2) is 4.23. The first kappa shape index (κ1) is 11.5. The van der Waals surface area contributed by atoms with Crippen molar-refractivity contribution in [2.45, 2.75) is 44.1 Å². The fourth-order valence-electron chi connectivity index (χ4n) is 3.10. The number of hydrogen-bond donors (Lipinski definition) is 0. The third-order valence-corrected chi connectivity index (χ3v) is 4.04. The number of hydrogen-bond acceptors (Lipinski definition) is 3. The van der Waals surface area contributed by atoms with E-state index in [1.165, 1.54) is 6.42 Å². The number of aldehydes is 1. The van der Waals surface area contributed by atoms with E-state index in [1.807, 2.05) is 0 Å². The lowest BCUT2D eigenvalue weighted by Gasteiger charge is -2.41. The van der Waals surface area contributed by atoms with Crippen molar-refractivity contribution < 1.29 is 14.3 Å². The Kier molecular flexibility index (Phi) is 2.69. The molecule has 0 atom stereocenters. The first-order chi connectivity index (χ1) is 8.74. The van der Waals surface area contributed by atoms with Gasteiger partial charge in [-0.1, -0.05) is 12.5 Å². The first-order valence-corrected chi connectivity index (χ1v) is 6.54. The van der Waals surface area contributed by atoms with Gasteiger partial charge in [-0.15, -0.1) is 0 Å². The van der Waals surface area contributed by atoms with E-state index >= 15 is 0 Å². The summed E-state index contributed by atoms with van der Waals surface area (Å²) in [6.45, 7) is 0. The van der Waals surface area contributed by atoms with Crippen molar-refractivity contribution in [1.82, 2.24) is 0 Å². The Labute approximate surface area is 106 Å². The molecule has 0 saturated heterocycles. The molecule has 0 amide bonds. The van der Waals surface area contributed by atoms with Gasteiger partial charge in [-0.25, -0.2) is 0 Å². The van der Waals surface area contributed by atoms with Crippen LogP contribution in [0.25, 0.3) is 0 Å². The second-order valence-electron chi connectivity index (χ2n) is 5.29. The number of carbonyl (C=O) groups excluding carboxylic acids is 2. The van der Waals surface area contributed by atoms with Crippen LogP contribution in [0.4, 0.5) is 0 Å². The van der Waals surface area contributed by atoms with Gasteiger partial charge in [-0.2, -0.15) is 0 Å². The second-order valence-corrected chi connectivity index (χ2v) is 5.29. The topological polar surface area (TPSA) is 43.4 Å². The summed E-state index contributed by atoms with van der Waals surface area (Å²) >= 11 is 0. The molecule has 1 spiro atoms. The van der Waals surface area contributed by atoms with E-state index < -0.39 is 0 Å². The minimum Gasteiger partial charge on any atom is -0.485 e. The van der Waals surface area contributed by atoms with E-state index in [4.69, 9.17) is 4.74 Å². The molecule has 3 nitrogen and oxygen atoms in total. The molecule has 18 heavy (non-hydrogen) atoms. The molecular weight excluding hydrogens is 228 g/mol. The van der Waals surface area contributed by atoms with Crippen molar-refractivity contribution >= 4 is 12.1 Å². The Bertz CT molecular complexity index is 498. The molecule has 1 heterocycles. The molecule has 0 radical (unpaired) electrons. The quantitative estimate of drug-likeness (QED) is 0.713. The van der Waals surface area contributed by atoms with Crippen LogP contribution in [0.5, 0.6) is 5.75 Å². The summed E-state index contributed by atoms with van der Waals surface area (Å²) in [7, 11) is 0. The molecule has 1 aromatic rings. The molecule has 1 aliphatic carbocycles. The van der Waals surface area contributed by atoms with Crippen LogP contribution in [-0.4, -0.2) is 17.7 Å². The van der Waals surface area contributed by atoms with Gasteiger partial charge >= 0.3 is 0 Å². The van der Waals surface area contributed by atoms with Crippen LogP contribution < -0.4 is 4.74 Å². The minimum atomic E-state index is -0.346. The van der Waals surface area contributed by atoms with Gasteiger partial charge in [0.2, 0.25) is 0 Å². The number of ether oxygens (including phenoxy) is 1. The summed E-state index contributed by atoms with van der Waals surface area (Å²) in [6, 6.07) is 5.20. The van der Waals surface area contributed by atoms with Gasteiger partial charge in [0.25, 0.3) is 0 Å². The van der Waals surface area contributed by atoms with Gasteiger partial charge in [-0.3, -0.25) is 9.59 Å². The third-order valence-electron chi connectivity index (χ3n) is 4.04. The van der Waals surface area contributed by atoms with E-state index in [-0.39, 0.29) is 11.4 Å². The summed E-state index contributed by atoms with van der Waals surface area (Å²) in [5.74, 6) is 0.618. The number of rotatable bonds is 1. The molecular formula is C15H16O3. The van der Waals surface area contributed by atoms with Gasteiger partial charge in [0.15, 0.2) is 12.1 Å². The lowest BCUT2D eigenvalue weighted by molar-refractivity contribution is 0.0132. The largest absolute Gasteiger partial charge is 0.485 e. The van der Waals surface area contributed by atoms with Crippen LogP contribution in [0.2, 0.25) is 0 Å². The molecule has 0 N–H and O–H groups in total. The van der Waals surface area contributed by atoms with Gasteiger partial charge in [-0.05, 0) is 37.8 Å². The Hall–Kier alpha value is -1.64. The van der Waals surface area contributed by atoms with Crippen molar-refractivity contribution in [2.75, 3.05) is 0 Å². The van der Waals surface area contributed by atoms with Gasteiger partial charge in [0, 0.05) is 0 Å². The van der Waals surface area contributed by atoms with Gasteiger partial charge in [0.1, 0.15) is 11.4 Å². The number of carbonyl (C=O) groups is 2. The average molecular weight is 244 g/mol. The van der Waals surface area contributed by atoms with Crippen LogP contribution >= 0.6 is 0 Å². The van der Waals surface area contributed by atoms with E-state index in [0.29, 0.717) is 23.3 Å². The standard InChI is InChI=1S/C15H16O3/c16-10-11-5-4-6-12-13(17)9-15(18-14(11)12)7-2-1-3-8-15/h4-6,10H,1-3,7-9H2. The third kappa shape index (κ3) is 1.74. The summed E-state index contributed by atoms with van der Waals surface area (Å²) in [5, 5.41) is 0. The van der Waals surface area contributed by atoms with E-state index in [9.17, 15) is 9.59 Å². The molecule has 1 aromatic carbocycles. The maximum atomic E-state index is 12.2. The van der Waals surface area contributed by atoms with Crippen LogP contribution in [0.3, 0.4) is 0 Å². The molecule has 3 heteroatoms. The van der Waals surface area contributed by atoms with E-state index in [0.717, 1.165) is 32.0 Å². The first-order valence-electron chi connectivity index (χ1n) is 6.54. The van der Waals surface area contributed by atoms with Crippen molar-refractivity contribution in [3.8, 4) is 5.75 Å². The fraction of sp³-hybridized carbons (Fsp3) is 0.467. The van der Waals surface area contributed by atoms with Crippen LogP contribution in [0.1, 0.15) is 59.2 Å². The summed E-state index contributed by atoms with van der Waals surface area (Å²) in [5.41, 5.74) is 0.711. The van der Waals surface area contributed by atoms with E-state index in [2.05, 4.69) is 0 Å². The number of Topliss-reactive ketones (excluding diaryl/α,β-unsaturated/α-hetero) is 1. The SMILES string of the molecule is O=Cc1cccc2c1OC1(CCCCC1)CC2=O. The highest BCUT2D eigenvalue weighted by Gasteiger charge is 2.41. The maximum absolute atomic E-state index is 12.2. The fourth-order valence-corrected chi connectivity index (χ4v) is 3.10. The predicted molar refractivity (Wildman–Crippen MR) is 67.2 cm³/mol. The van der Waals surface area contributed by atoms with Crippen LogP contribution in [-0.2, 0) is 0 Å². The number of ketones is 1. The molecule has 0 bridgehead atoms. The monoisotopic (exact) mass is 244 g/mol. The Morgan fingerprint density at radius 2 is 1.94 bits per heavy atom.